The van der Waals surface area contributed by atoms with Gasteiger partial charge in [-0.3, -0.25) is 19.7 Å². The van der Waals surface area contributed by atoms with Gasteiger partial charge in [0.2, 0.25) is 0 Å². The molecule has 0 radical (unpaired) electrons. The molecule has 0 unspecified atom stereocenters. The number of nitro benzene ring substituents is 1. The molecule has 2 N–H and O–H groups in total. The number of non-ortho nitro benzene ring substituents is 1. The fourth-order valence-electron chi connectivity index (χ4n) is 2.15. The van der Waals surface area contributed by atoms with Crippen molar-refractivity contribution in [1.82, 2.24) is 10.6 Å². The topological polar surface area (TPSA) is 101 Å². The van der Waals surface area contributed by atoms with Crippen LogP contribution in [0, 0.1) is 10.1 Å². The van der Waals surface area contributed by atoms with Gasteiger partial charge in [-0.2, -0.15) is 0 Å². The van der Waals surface area contributed by atoms with Crippen molar-refractivity contribution in [2.45, 2.75) is 0 Å². The second kappa shape index (κ2) is 9.44. The molecule has 138 valence electrons. The molecule has 0 atom stereocenters. The van der Waals surface area contributed by atoms with Crippen LogP contribution in [0.25, 0.3) is 6.08 Å². The highest BCUT2D eigenvalue weighted by atomic mass is 79.9. The third-order valence-corrected chi connectivity index (χ3v) is 4.10. The summed E-state index contributed by atoms with van der Waals surface area (Å²) in [6.07, 6.45) is 2.87. The highest BCUT2D eigenvalue weighted by Gasteiger charge is 2.16. The summed E-state index contributed by atoms with van der Waals surface area (Å²) in [6.45, 7) is 3.73. The van der Waals surface area contributed by atoms with Crippen LogP contribution in [-0.4, -0.2) is 23.3 Å². The minimum atomic E-state index is -0.540. The third kappa shape index (κ3) is 5.61. The normalized spacial score (nSPS) is 10.8. The first-order valence-electron chi connectivity index (χ1n) is 7.83. The second-order valence-electron chi connectivity index (χ2n) is 5.34. The largest absolute Gasteiger partial charge is 0.347 e. The molecule has 2 aromatic carbocycles. The van der Waals surface area contributed by atoms with Gasteiger partial charge in [0.25, 0.3) is 17.5 Å². The van der Waals surface area contributed by atoms with E-state index in [0.717, 1.165) is 0 Å². The van der Waals surface area contributed by atoms with Gasteiger partial charge in [0, 0.05) is 23.2 Å². The van der Waals surface area contributed by atoms with E-state index in [2.05, 4.69) is 33.1 Å². The molecule has 8 heteroatoms. The Balaban J connectivity index is 2.36. The van der Waals surface area contributed by atoms with Gasteiger partial charge in [0.15, 0.2) is 0 Å². The molecule has 0 aliphatic heterocycles. The second-order valence-corrected chi connectivity index (χ2v) is 6.20. The quantitative estimate of drug-likeness (QED) is 0.304. The van der Waals surface area contributed by atoms with Crippen molar-refractivity contribution < 1.29 is 14.5 Å². The van der Waals surface area contributed by atoms with Gasteiger partial charge in [-0.15, -0.1) is 6.58 Å². The fraction of sp³-hybridized carbons (Fsp3) is 0.0526. The monoisotopic (exact) mass is 429 g/mol. The Kier molecular flexibility index (Phi) is 7.01. The van der Waals surface area contributed by atoms with Gasteiger partial charge in [0.1, 0.15) is 5.70 Å². The number of nitro groups is 1. The maximum atomic E-state index is 12.5. The third-order valence-electron chi connectivity index (χ3n) is 3.41. The predicted octanol–water partition coefficient (Wildman–Crippen LogP) is 3.43. The Morgan fingerprint density at radius 3 is 2.59 bits per heavy atom. The van der Waals surface area contributed by atoms with Crippen molar-refractivity contribution in [3.8, 4) is 0 Å². The first kappa shape index (κ1) is 20.1. The van der Waals surface area contributed by atoms with E-state index >= 15 is 0 Å². The van der Waals surface area contributed by atoms with Crippen LogP contribution in [0.4, 0.5) is 5.69 Å². The van der Waals surface area contributed by atoms with Crippen molar-refractivity contribution in [1.29, 1.82) is 0 Å². The number of hydrogen-bond acceptors (Lipinski definition) is 4. The number of hydrogen-bond donors (Lipinski definition) is 2. The molecule has 0 bridgehead atoms. The van der Waals surface area contributed by atoms with E-state index in [-0.39, 0.29) is 17.9 Å². The van der Waals surface area contributed by atoms with E-state index in [4.69, 9.17) is 0 Å². The number of benzene rings is 2. The van der Waals surface area contributed by atoms with Crippen LogP contribution in [0.3, 0.4) is 0 Å². The summed E-state index contributed by atoms with van der Waals surface area (Å²) in [6, 6.07) is 12.5. The number of rotatable bonds is 7. The Hall–Kier alpha value is -3.26. The van der Waals surface area contributed by atoms with Gasteiger partial charge in [-0.05, 0) is 39.7 Å². The van der Waals surface area contributed by atoms with Crippen molar-refractivity contribution in [2.24, 2.45) is 0 Å². The molecule has 27 heavy (non-hydrogen) atoms. The predicted molar refractivity (Wildman–Crippen MR) is 106 cm³/mol. The molecule has 0 fully saturated rings. The zero-order chi connectivity index (χ0) is 19.8. The molecular weight excluding hydrogens is 414 g/mol. The smallest absolute Gasteiger partial charge is 0.270 e. The van der Waals surface area contributed by atoms with Crippen LogP contribution in [0.5, 0.6) is 0 Å². The summed E-state index contributed by atoms with van der Waals surface area (Å²) >= 11 is 3.29. The van der Waals surface area contributed by atoms with Crippen LogP contribution in [0.1, 0.15) is 15.9 Å². The summed E-state index contributed by atoms with van der Waals surface area (Å²) < 4.78 is 0.573. The molecule has 2 amide bonds. The van der Waals surface area contributed by atoms with E-state index in [0.29, 0.717) is 15.6 Å². The highest BCUT2D eigenvalue weighted by molar-refractivity contribution is 9.10. The lowest BCUT2D eigenvalue weighted by molar-refractivity contribution is -0.384. The summed E-state index contributed by atoms with van der Waals surface area (Å²) in [5.74, 6) is -1.03. The molecule has 2 rings (SSSR count). The first-order chi connectivity index (χ1) is 12.9. The van der Waals surface area contributed by atoms with Gasteiger partial charge < -0.3 is 10.6 Å². The summed E-state index contributed by atoms with van der Waals surface area (Å²) in [5, 5.41) is 16.1. The molecule has 0 spiro atoms. The van der Waals surface area contributed by atoms with Crippen LogP contribution in [0.2, 0.25) is 0 Å². The van der Waals surface area contributed by atoms with E-state index in [1.54, 1.807) is 30.3 Å². The Morgan fingerprint density at radius 2 is 1.93 bits per heavy atom. The van der Waals surface area contributed by atoms with Gasteiger partial charge in [-0.1, -0.05) is 30.3 Å². The van der Waals surface area contributed by atoms with Crippen molar-refractivity contribution in [3.05, 3.63) is 92.6 Å². The first-order valence-corrected chi connectivity index (χ1v) is 8.63. The summed E-state index contributed by atoms with van der Waals surface area (Å²) in [7, 11) is 0. The van der Waals surface area contributed by atoms with Crippen LogP contribution in [0.15, 0.2) is 71.4 Å². The molecule has 0 aromatic heterocycles. The molecule has 0 aliphatic rings. The SMILES string of the molecule is C=CCNC(=O)/C(=C/c1cccc([N+](=O)[O-])c1)NC(=O)c1ccccc1Br. The molecule has 7 nitrogen and oxygen atoms in total. The Bertz CT molecular complexity index is 925. The molecule has 0 heterocycles. The number of amides is 2. The van der Waals surface area contributed by atoms with Crippen molar-refractivity contribution >= 4 is 39.5 Å². The molecule has 0 aliphatic carbocycles. The Labute approximate surface area is 164 Å². The lowest BCUT2D eigenvalue weighted by Gasteiger charge is -2.11. The molecule has 0 saturated heterocycles. The van der Waals surface area contributed by atoms with Crippen LogP contribution in [-0.2, 0) is 4.79 Å². The fourth-order valence-corrected chi connectivity index (χ4v) is 2.61. The van der Waals surface area contributed by atoms with E-state index in [1.807, 2.05) is 0 Å². The van der Waals surface area contributed by atoms with E-state index < -0.39 is 16.7 Å². The zero-order valence-electron chi connectivity index (χ0n) is 14.1. The molecule has 2 aromatic rings. The number of nitrogens with zero attached hydrogens (tertiary/aromatic N) is 1. The standard InChI is InChI=1S/C19H16BrN3O4/c1-2-10-21-19(25)17(12-13-6-5-7-14(11-13)23(26)27)22-18(24)15-8-3-4-9-16(15)20/h2-9,11-12H,1,10H2,(H,21,25)(H,22,24)/b17-12-. The van der Waals surface area contributed by atoms with Gasteiger partial charge >= 0.3 is 0 Å². The number of nitrogens with one attached hydrogen (secondary N) is 2. The lowest BCUT2D eigenvalue weighted by Crippen LogP contribution is -2.35. The average Bonchev–Trinajstić information content (AvgIpc) is 2.66. The van der Waals surface area contributed by atoms with Crippen molar-refractivity contribution in [2.75, 3.05) is 6.54 Å². The minimum absolute atomic E-state index is 0.0434. The average molecular weight is 430 g/mol. The molecular formula is C19H16BrN3O4. The molecule has 0 saturated carbocycles. The van der Waals surface area contributed by atoms with E-state index in [1.165, 1.54) is 30.4 Å². The number of carbonyl (C=O) groups excluding carboxylic acids is 2. The number of carbonyl (C=O) groups is 2. The van der Waals surface area contributed by atoms with Crippen molar-refractivity contribution in [3.63, 3.8) is 0 Å². The summed E-state index contributed by atoms with van der Waals surface area (Å²) in [5.41, 5.74) is 0.587. The maximum absolute atomic E-state index is 12.5. The number of halogens is 1. The van der Waals surface area contributed by atoms with Crippen LogP contribution < -0.4 is 10.6 Å². The van der Waals surface area contributed by atoms with Gasteiger partial charge in [0.05, 0.1) is 10.5 Å². The lowest BCUT2D eigenvalue weighted by atomic mass is 10.1. The summed E-state index contributed by atoms with van der Waals surface area (Å²) in [4.78, 5) is 35.3. The Morgan fingerprint density at radius 1 is 1.19 bits per heavy atom. The van der Waals surface area contributed by atoms with E-state index in [9.17, 15) is 19.7 Å². The maximum Gasteiger partial charge on any atom is 0.270 e. The zero-order valence-corrected chi connectivity index (χ0v) is 15.7. The van der Waals surface area contributed by atoms with Gasteiger partial charge in [-0.25, -0.2) is 0 Å². The van der Waals surface area contributed by atoms with Crippen LogP contribution >= 0.6 is 15.9 Å². The minimum Gasteiger partial charge on any atom is -0.347 e. The highest BCUT2D eigenvalue weighted by Crippen LogP contribution is 2.18.